The van der Waals surface area contributed by atoms with E-state index in [1.807, 2.05) is 24.9 Å². The van der Waals surface area contributed by atoms with Gasteiger partial charge in [-0.2, -0.15) is 0 Å². The van der Waals surface area contributed by atoms with Crippen LogP contribution in [0, 0.1) is 6.92 Å². The van der Waals surface area contributed by atoms with E-state index in [0.29, 0.717) is 39.0 Å². The lowest BCUT2D eigenvalue weighted by Gasteiger charge is -2.44. The van der Waals surface area contributed by atoms with E-state index in [2.05, 4.69) is 47.4 Å². The topological polar surface area (TPSA) is 51.7 Å². The number of rotatable bonds is 3. The average molecular weight is 417 g/mol. The number of hydrogen-bond donors (Lipinski definition) is 0. The molecular formula is C26H28N2O3. The lowest BCUT2D eigenvalue weighted by Crippen LogP contribution is -2.52. The molecule has 5 heteroatoms. The van der Waals surface area contributed by atoms with Crippen LogP contribution in [-0.4, -0.2) is 34.7 Å². The Bertz CT molecular complexity index is 1130. The Morgan fingerprint density at radius 1 is 1.10 bits per heavy atom. The number of carbonyl (C=O) groups excluding carboxylic acids is 1. The van der Waals surface area contributed by atoms with E-state index in [4.69, 9.17) is 9.47 Å². The van der Waals surface area contributed by atoms with Gasteiger partial charge in [0, 0.05) is 55.2 Å². The fourth-order valence-corrected chi connectivity index (χ4v) is 4.63. The van der Waals surface area contributed by atoms with Crippen LogP contribution in [0.2, 0.25) is 0 Å². The van der Waals surface area contributed by atoms with E-state index in [0.717, 1.165) is 29.0 Å². The third-order valence-corrected chi connectivity index (χ3v) is 6.49. The Morgan fingerprint density at radius 2 is 1.87 bits per heavy atom. The van der Waals surface area contributed by atoms with Gasteiger partial charge in [0.15, 0.2) is 0 Å². The lowest BCUT2D eigenvalue weighted by atomic mass is 9.97. The van der Waals surface area contributed by atoms with Crippen molar-refractivity contribution in [1.29, 1.82) is 0 Å². The zero-order valence-electron chi connectivity index (χ0n) is 18.2. The summed E-state index contributed by atoms with van der Waals surface area (Å²) in [5.41, 5.74) is 4.44. The molecule has 0 atom stereocenters. The zero-order valence-corrected chi connectivity index (χ0v) is 18.2. The second-order valence-electron chi connectivity index (χ2n) is 8.59. The van der Waals surface area contributed by atoms with Crippen molar-refractivity contribution >= 4 is 16.7 Å². The summed E-state index contributed by atoms with van der Waals surface area (Å²) in [6, 6.07) is 14.9. The number of pyridine rings is 1. The normalized spacial score (nSPS) is 17.4. The number of likely N-dealkylation sites (tertiary alicyclic amines) is 1. The number of carbonyl (C=O) groups is 1. The summed E-state index contributed by atoms with van der Waals surface area (Å²) in [7, 11) is 0. The maximum absolute atomic E-state index is 12.2. The maximum atomic E-state index is 12.2. The van der Waals surface area contributed by atoms with Crippen LogP contribution in [-0.2, 0) is 16.1 Å². The van der Waals surface area contributed by atoms with Crippen LogP contribution < -0.4 is 4.74 Å². The molecule has 1 amide bonds. The molecule has 1 saturated heterocycles. The smallest absolute Gasteiger partial charge is 0.222 e. The molecule has 2 aliphatic rings. The van der Waals surface area contributed by atoms with Crippen molar-refractivity contribution in [2.24, 2.45) is 0 Å². The first-order chi connectivity index (χ1) is 15.1. The van der Waals surface area contributed by atoms with Gasteiger partial charge >= 0.3 is 0 Å². The predicted molar refractivity (Wildman–Crippen MR) is 121 cm³/mol. The summed E-state index contributed by atoms with van der Waals surface area (Å²) in [5.74, 6) is 0.522. The van der Waals surface area contributed by atoms with Crippen molar-refractivity contribution in [3.63, 3.8) is 0 Å². The van der Waals surface area contributed by atoms with Gasteiger partial charge in [0.25, 0.3) is 0 Å². The summed E-state index contributed by atoms with van der Waals surface area (Å²) in [4.78, 5) is 18.5. The summed E-state index contributed by atoms with van der Waals surface area (Å²) in [5, 5.41) is 2.38. The molecule has 1 fully saturated rings. The number of aryl methyl sites for hydroxylation is 1. The Labute approximate surface area is 183 Å². The number of aromatic nitrogens is 1. The van der Waals surface area contributed by atoms with Gasteiger partial charge < -0.3 is 14.4 Å². The molecule has 3 aromatic rings. The Morgan fingerprint density at radius 3 is 2.68 bits per heavy atom. The standard InChI is InChI=1S/C26H28N2O3/c1-3-4-25(29)28-13-10-26(11-14-28)30-17-22-16-20(6-8-24(22)31-26)19-5-7-23-18(2)27-12-9-21(23)15-19/h5-9,12,15-16H,3-4,10-11,13-14,17H2,1-2H3. The van der Waals surface area contributed by atoms with Gasteiger partial charge in [0.2, 0.25) is 11.7 Å². The van der Waals surface area contributed by atoms with Crippen LogP contribution in [0.25, 0.3) is 21.9 Å². The van der Waals surface area contributed by atoms with E-state index in [1.54, 1.807) is 0 Å². The molecule has 0 aliphatic carbocycles. The van der Waals surface area contributed by atoms with Crippen LogP contribution in [0.3, 0.4) is 0 Å². The van der Waals surface area contributed by atoms with Gasteiger partial charge in [-0.25, -0.2) is 0 Å². The number of ether oxygens (including phenoxy) is 2. The van der Waals surface area contributed by atoms with Crippen molar-refractivity contribution in [3.05, 3.63) is 59.9 Å². The molecular weight excluding hydrogens is 388 g/mol. The fourth-order valence-electron chi connectivity index (χ4n) is 4.63. The van der Waals surface area contributed by atoms with E-state index in [1.165, 1.54) is 16.3 Å². The first kappa shape index (κ1) is 20.0. The van der Waals surface area contributed by atoms with Gasteiger partial charge in [-0.3, -0.25) is 9.78 Å². The lowest BCUT2D eigenvalue weighted by molar-refractivity contribution is -0.227. The first-order valence-electron chi connectivity index (χ1n) is 11.2. The monoisotopic (exact) mass is 416 g/mol. The molecule has 31 heavy (non-hydrogen) atoms. The molecule has 0 unspecified atom stereocenters. The van der Waals surface area contributed by atoms with E-state index in [-0.39, 0.29) is 5.91 Å². The molecule has 1 aromatic heterocycles. The molecule has 5 rings (SSSR count). The summed E-state index contributed by atoms with van der Waals surface area (Å²) in [6.45, 7) is 5.99. The van der Waals surface area contributed by atoms with Crippen LogP contribution in [0.1, 0.15) is 43.9 Å². The van der Waals surface area contributed by atoms with Gasteiger partial charge in [-0.15, -0.1) is 0 Å². The highest BCUT2D eigenvalue weighted by atomic mass is 16.7. The predicted octanol–water partition coefficient (Wildman–Crippen LogP) is 5.24. The molecule has 2 aliphatic heterocycles. The van der Waals surface area contributed by atoms with Gasteiger partial charge in [0.05, 0.1) is 6.61 Å². The van der Waals surface area contributed by atoms with Crippen molar-refractivity contribution in [1.82, 2.24) is 9.88 Å². The van der Waals surface area contributed by atoms with Crippen molar-refractivity contribution in [2.45, 2.75) is 51.9 Å². The molecule has 1 spiro atoms. The van der Waals surface area contributed by atoms with Crippen molar-refractivity contribution in [3.8, 4) is 16.9 Å². The second kappa shape index (κ2) is 7.97. The van der Waals surface area contributed by atoms with E-state index < -0.39 is 5.79 Å². The minimum Gasteiger partial charge on any atom is -0.462 e. The Balaban J connectivity index is 1.34. The average Bonchev–Trinajstić information content (AvgIpc) is 2.79. The first-order valence-corrected chi connectivity index (χ1v) is 11.2. The third-order valence-electron chi connectivity index (χ3n) is 6.49. The quantitative estimate of drug-likeness (QED) is 0.586. The molecule has 0 bridgehead atoms. The number of nitrogens with zero attached hydrogens (tertiary/aromatic N) is 2. The SMILES string of the molecule is CCCC(=O)N1CCC2(CC1)OCc1cc(-c3ccc4c(C)nccc4c3)ccc1O2. The number of benzene rings is 2. The molecule has 160 valence electrons. The van der Waals surface area contributed by atoms with Gasteiger partial charge in [-0.05, 0) is 54.1 Å². The van der Waals surface area contributed by atoms with Crippen LogP contribution >= 0.6 is 0 Å². The summed E-state index contributed by atoms with van der Waals surface area (Å²) >= 11 is 0. The minimum atomic E-state index is -0.606. The molecule has 5 nitrogen and oxygen atoms in total. The van der Waals surface area contributed by atoms with Gasteiger partial charge in [0.1, 0.15) is 5.75 Å². The van der Waals surface area contributed by atoms with Crippen LogP contribution in [0.5, 0.6) is 5.75 Å². The molecule has 0 N–H and O–H groups in total. The summed E-state index contributed by atoms with van der Waals surface area (Å²) < 4.78 is 12.6. The van der Waals surface area contributed by atoms with Crippen molar-refractivity contribution in [2.75, 3.05) is 13.1 Å². The molecule has 2 aromatic carbocycles. The number of hydrogen-bond acceptors (Lipinski definition) is 4. The molecule has 0 radical (unpaired) electrons. The van der Waals surface area contributed by atoms with Crippen LogP contribution in [0.4, 0.5) is 0 Å². The van der Waals surface area contributed by atoms with E-state index in [9.17, 15) is 4.79 Å². The van der Waals surface area contributed by atoms with Crippen LogP contribution in [0.15, 0.2) is 48.7 Å². The number of piperidine rings is 1. The highest BCUT2D eigenvalue weighted by molar-refractivity contribution is 5.88. The Kier molecular flexibility index (Phi) is 5.14. The second-order valence-corrected chi connectivity index (χ2v) is 8.59. The highest BCUT2D eigenvalue weighted by Gasteiger charge is 2.41. The van der Waals surface area contributed by atoms with Crippen molar-refractivity contribution < 1.29 is 14.3 Å². The van der Waals surface area contributed by atoms with E-state index >= 15 is 0 Å². The largest absolute Gasteiger partial charge is 0.462 e. The molecule has 3 heterocycles. The zero-order chi connectivity index (χ0) is 21.4. The van der Waals surface area contributed by atoms with Gasteiger partial charge in [-0.1, -0.05) is 25.1 Å². The highest BCUT2D eigenvalue weighted by Crippen LogP contribution is 2.39. The number of amides is 1. The fraction of sp³-hybridized carbons (Fsp3) is 0.385. The maximum Gasteiger partial charge on any atom is 0.222 e. The summed E-state index contributed by atoms with van der Waals surface area (Å²) in [6.07, 6.45) is 4.78. The molecule has 0 saturated carbocycles. The third kappa shape index (κ3) is 3.79. The Hall–Kier alpha value is -2.92. The number of fused-ring (bicyclic) bond motifs is 2. The minimum absolute atomic E-state index is 0.236.